The molecule has 0 aliphatic heterocycles. The minimum atomic E-state index is -0.391. The van der Waals surface area contributed by atoms with Crippen molar-refractivity contribution in [2.24, 2.45) is 0 Å². The number of esters is 1. The maximum Gasteiger partial charge on any atom is 0.338 e. The lowest BCUT2D eigenvalue weighted by molar-refractivity contribution is 0.0378. The molecule has 1 aromatic rings. The summed E-state index contributed by atoms with van der Waals surface area (Å²) >= 11 is 0. The van der Waals surface area contributed by atoms with Crippen molar-refractivity contribution in [2.45, 2.75) is 59.0 Å². The molecule has 0 atom stereocenters. The second kappa shape index (κ2) is 6.16. The normalized spacial score (nSPS) is 11.7. The predicted octanol–water partition coefficient (Wildman–Crippen LogP) is 3.49. The van der Waals surface area contributed by atoms with Gasteiger partial charge >= 0.3 is 5.97 Å². The Bertz CT molecular complexity index is 470. The van der Waals surface area contributed by atoms with Gasteiger partial charge in [0.25, 0.3) is 0 Å². The molecule has 0 saturated carbocycles. The van der Waals surface area contributed by atoms with Crippen LogP contribution in [-0.2, 0) is 10.2 Å². The van der Waals surface area contributed by atoms with Crippen molar-refractivity contribution in [1.29, 1.82) is 0 Å². The summed E-state index contributed by atoms with van der Waals surface area (Å²) in [5.74, 6) is -0.391. The molecule has 1 rings (SSSR count). The Morgan fingerprint density at radius 1 is 1.25 bits per heavy atom. The Morgan fingerprint density at radius 2 is 1.75 bits per heavy atom. The van der Waals surface area contributed by atoms with Gasteiger partial charge in [-0.25, -0.2) is 4.79 Å². The van der Waals surface area contributed by atoms with Crippen molar-refractivity contribution in [3.8, 4) is 0 Å². The Kier molecular flexibility index (Phi) is 5.03. The fourth-order valence-corrected chi connectivity index (χ4v) is 2.62. The van der Waals surface area contributed by atoms with Crippen LogP contribution in [0, 0.1) is 0 Å². The minimum Gasteiger partial charge on any atom is -0.459 e. The van der Waals surface area contributed by atoms with Crippen molar-refractivity contribution in [2.75, 3.05) is 11.5 Å². The monoisotopic (exact) mass is 278 g/mol. The molecule has 0 amide bonds. The number of carbonyl (C=O) groups excluding carboxylic acids is 1. The topological polar surface area (TPSA) is 78.3 Å². The fraction of sp³-hybridized carbons (Fsp3) is 0.562. The van der Waals surface area contributed by atoms with Crippen LogP contribution in [0.5, 0.6) is 0 Å². The molecule has 0 fully saturated rings. The van der Waals surface area contributed by atoms with Gasteiger partial charge < -0.3 is 16.2 Å². The number of rotatable bonds is 5. The fourth-order valence-electron chi connectivity index (χ4n) is 2.62. The summed E-state index contributed by atoms with van der Waals surface area (Å²) in [5.41, 5.74) is 14.6. The first-order chi connectivity index (χ1) is 9.19. The Hall–Kier alpha value is -1.71. The van der Waals surface area contributed by atoms with Crippen molar-refractivity contribution in [3.05, 3.63) is 23.3 Å². The van der Waals surface area contributed by atoms with E-state index in [1.165, 1.54) is 0 Å². The average Bonchev–Trinajstić information content (AvgIpc) is 2.26. The van der Waals surface area contributed by atoms with E-state index in [0.29, 0.717) is 16.9 Å². The molecule has 0 spiro atoms. The molecule has 4 N–H and O–H groups in total. The highest BCUT2D eigenvalue weighted by atomic mass is 16.5. The second-order valence-electron chi connectivity index (χ2n) is 6.12. The summed E-state index contributed by atoms with van der Waals surface area (Å²) < 4.78 is 5.17. The Morgan fingerprint density at radius 3 is 2.15 bits per heavy atom. The lowest BCUT2D eigenvalue weighted by Crippen LogP contribution is -2.22. The molecule has 0 bridgehead atoms. The predicted molar refractivity (Wildman–Crippen MR) is 83.8 cm³/mol. The Balaban J connectivity index is 3.19. The van der Waals surface area contributed by atoms with Gasteiger partial charge in [0.05, 0.1) is 11.7 Å². The first-order valence-corrected chi connectivity index (χ1v) is 7.09. The standard InChI is InChI=1S/C16H26N2O2/c1-6-7-16(4,5)14-12(17)8-11(9-13(14)18)15(19)20-10(2)3/h8-10H,6-7,17-18H2,1-5H3. The number of hydrogen-bond donors (Lipinski definition) is 2. The van der Waals surface area contributed by atoms with Crippen LogP contribution in [-0.4, -0.2) is 12.1 Å². The van der Waals surface area contributed by atoms with Gasteiger partial charge in [0, 0.05) is 16.9 Å². The van der Waals surface area contributed by atoms with Crippen molar-refractivity contribution in [1.82, 2.24) is 0 Å². The maximum atomic E-state index is 11.9. The number of anilines is 2. The van der Waals surface area contributed by atoms with Gasteiger partial charge in [0.1, 0.15) is 0 Å². The van der Waals surface area contributed by atoms with Crippen LogP contribution in [0.25, 0.3) is 0 Å². The lowest BCUT2D eigenvalue weighted by Gasteiger charge is -2.28. The summed E-state index contributed by atoms with van der Waals surface area (Å²) in [7, 11) is 0. The summed E-state index contributed by atoms with van der Waals surface area (Å²) in [6, 6.07) is 3.32. The summed E-state index contributed by atoms with van der Waals surface area (Å²) in [6.45, 7) is 9.98. The number of ether oxygens (including phenoxy) is 1. The molecular formula is C16H26N2O2. The van der Waals surface area contributed by atoms with E-state index in [9.17, 15) is 4.79 Å². The molecule has 0 aliphatic carbocycles. The highest BCUT2D eigenvalue weighted by Crippen LogP contribution is 2.37. The van der Waals surface area contributed by atoms with Gasteiger partial charge in [0.15, 0.2) is 0 Å². The van der Waals surface area contributed by atoms with Crippen LogP contribution in [0.3, 0.4) is 0 Å². The van der Waals surface area contributed by atoms with Crippen LogP contribution in [0.4, 0.5) is 11.4 Å². The third kappa shape index (κ3) is 3.65. The van der Waals surface area contributed by atoms with E-state index in [1.807, 2.05) is 13.8 Å². The van der Waals surface area contributed by atoms with E-state index < -0.39 is 5.97 Å². The molecule has 0 saturated heterocycles. The van der Waals surface area contributed by atoms with Gasteiger partial charge in [-0.2, -0.15) is 0 Å². The van der Waals surface area contributed by atoms with E-state index in [1.54, 1.807) is 12.1 Å². The third-order valence-corrected chi connectivity index (χ3v) is 3.33. The van der Waals surface area contributed by atoms with Crippen LogP contribution >= 0.6 is 0 Å². The van der Waals surface area contributed by atoms with Crippen molar-refractivity contribution >= 4 is 17.3 Å². The van der Waals surface area contributed by atoms with Crippen molar-refractivity contribution < 1.29 is 9.53 Å². The van der Waals surface area contributed by atoms with Crippen LogP contribution in [0.1, 0.15) is 63.4 Å². The maximum absolute atomic E-state index is 11.9. The second-order valence-corrected chi connectivity index (χ2v) is 6.12. The number of nitrogen functional groups attached to an aromatic ring is 2. The largest absolute Gasteiger partial charge is 0.459 e. The molecule has 4 nitrogen and oxygen atoms in total. The number of benzene rings is 1. The SMILES string of the molecule is CCCC(C)(C)c1c(N)cc(C(=O)OC(C)C)cc1N. The molecule has 112 valence electrons. The zero-order valence-corrected chi connectivity index (χ0v) is 13.1. The minimum absolute atomic E-state index is 0.108. The number of hydrogen-bond acceptors (Lipinski definition) is 4. The average molecular weight is 278 g/mol. The summed E-state index contributed by atoms with van der Waals surface area (Å²) in [5, 5.41) is 0. The molecule has 0 unspecified atom stereocenters. The van der Waals surface area contributed by atoms with E-state index in [0.717, 1.165) is 18.4 Å². The number of nitrogens with two attached hydrogens (primary N) is 2. The van der Waals surface area contributed by atoms with Gasteiger partial charge in [-0.3, -0.25) is 0 Å². The van der Waals surface area contributed by atoms with E-state index >= 15 is 0 Å². The number of carbonyl (C=O) groups is 1. The van der Waals surface area contributed by atoms with Gasteiger partial charge in [0.2, 0.25) is 0 Å². The molecule has 0 aliphatic rings. The zero-order chi connectivity index (χ0) is 15.5. The highest BCUT2D eigenvalue weighted by Gasteiger charge is 2.26. The van der Waals surface area contributed by atoms with Crippen LogP contribution in [0.15, 0.2) is 12.1 Å². The van der Waals surface area contributed by atoms with Crippen LogP contribution < -0.4 is 11.5 Å². The summed E-state index contributed by atoms with van der Waals surface area (Å²) in [4.78, 5) is 11.9. The van der Waals surface area contributed by atoms with Crippen molar-refractivity contribution in [3.63, 3.8) is 0 Å². The molecule has 0 heterocycles. The van der Waals surface area contributed by atoms with Gasteiger partial charge in [-0.1, -0.05) is 27.2 Å². The van der Waals surface area contributed by atoms with Gasteiger partial charge in [-0.05, 0) is 37.8 Å². The third-order valence-electron chi connectivity index (χ3n) is 3.33. The molecular weight excluding hydrogens is 252 g/mol. The molecule has 20 heavy (non-hydrogen) atoms. The Labute approximate surface area is 121 Å². The first kappa shape index (κ1) is 16.3. The highest BCUT2D eigenvalue weighted by molar-refractivity contribution is 5.92. The lowest BCUT2D eigenvalue weighted by atomic mass is 9.78. The summed E-state index contributed by atoms with van der Waals surface area (Å²) in [6.07, 6.45) is 1.86. The zero-order valence-electron chi connectivity index (χ0n) is 13.1. The van der Waals surface area contributed by atoms with E-state index in [2.05, 4.69) is 20.8 Å². The van der Waals surface area contributed by atoms with E-state index in [-0.39, 0.29) is 11.5 Å². The van der Waals surface area contributed by atoms with Crippen LogP contribution in [0.2, 0.25) is 0 Å². The molecule has 0 radical (unpaired) electrons. The van der Waals surface area contributed by atoms with Gasteiger partial charge in [-0.15, -0.1) is 0 Å². The molecule has 0 aromatic heterocycles. The smallest absolute Gasteiger partial charge is 0.338 e. The molecule has 4 heteroatoms. The first-order valence-electron chi connectivity index (χ1n) is 7.09. The quantitative estimate of drug-likeness (QED) is 0.638. The van der Waals surface area contributed by atoms with E-state index in [4.69, 9.17) is 16.2 Å². The molecule has 1 aromatic carbocycles.